The molecule has 1 atom stereocenters. The monoisotopic (exact) mass is 275 g/mol. The summed E-state index contributed by atoms with van der Waals surface area (Å²) >= 11 is 0. The summed E-state index contributed by atoms with van der Waals surface area (Å²) in [7, 11) is 4.02. The van der Waals surface area contributed by atoms with Gasteiger partial charge in [0.1, 0.15) is 5.82 Å². The molecule has 1 aromatic rings. The molecule has 0 unspecified atom stereocenters. The fourth-order valence-electron chi connectivity index (χ4n) is 3.07. The van der Waals surface area contributed by atoms with E-state index < -0.39 is 0 Å². The average Bonchev–Trinajstić information content (AvgIpc) is 2.48. The molecule has 5 nitrogen and oxygen atoms in total. The third-order valence-electron chi connectivity index (χ3n) is 4.21. The van der Waals surface area contributed by atoms with Gasteiger partial charge in [-0.2, -0.15) is 4.98 Å². The summed E-state index contributed by atoms with van der Waals surface area (Å²) in [5.41, 5.74) is 2.61. The molecule has 0 saturated carbocycles. The van der Waals surface area contributed by atoms with Crippen molar-refractivity contribution in [3.05, 3.63) is 11.3 Å². The predicted octanol–water partition coefficient (Wildman–Crippen LogP) is 1.59. The van der Waals surface area contributed by atoms with Crippen LogP contribution in [0, 0.1) is 0 Å². The Hall–Kier alpha value is -1.36. The number of nitrogens with zero attached hydrogens (tertiary/aromatic N) is 3. The zero-order valence-corrected chi connectivity index (χ0v) is 12.6. The van der Waals surface area contributed by atoms with Gasteiger partial charge < -0.3 is 15.5 Å². The molecule has 2 heterocycles. The van der Waals surface area contributed by atoms with Crippen molar-refractivity contribution in [1.29, 1.82) is 0 Å². The maximum atomic E-state index is 4.76. The fraction of sp³-hybridized carbons (Fsp3) is 0.733. The van der Waals surface area contributed by atoms with Crippen molar-refractivity contribution in [3.63, 3.8) is 0 Å². The molecule has 2 aliphatic rings. The Labute approximate surface area is 121 Å². The number of nitrogens with one attached hydrogen (secondary N) is 2. The van der Waals surface area contributed by atoms with E-state index in [-0.39, 0.29) is 0 Å². The van der Waals surface area contributed by atoms with Crippen LogP contribution < -0.4 is 15.5 Å². The summed E-state index contributed by atoms with van der Waals surface area (Å²) in [6.45, 7) is 2.18. The maximum absolute atomic E-state index is 4.76. The topological polar surface area (TPSA) is 53.1 Å². The highest BCUT2D eigenvalue weighted by atomic mass is 15.2. The molecule has 0 radical (unpaired) electrons. The molecule has 5 heteroatoms. The minimum Gasteiger partial charge on any atom is -0.366 e. The van der Waals surface area contributed by atoms with Gasteiger partial charge in [0, 0.05) is 32.2 Å². The first-order chi connectivity index (χ1) is 9.74. The number of aryl methyl sites for hydroxylation is 1. The average molecular weight is 275 g/mol. The minimum absolute atomic E-state index is 0.500. The van der Waals surface area contributed by atoms with E-state index in [4.69, 9.17) is 9.97 Å². The maximum Gasteiger partial charge on any atom is 0.227 e. The van der Waals surface area contributed by atoms with Crippen LogP contribution in [0.1, 0.15) is 36.9 Å². The summed E-state index contributed by atoms with van der Waals surface area (Å²) in [5, 5.41) is 7.12. The van der Waals surface area contributed by atoms with Crippen molar-refractivity contribution in [2.24, 2.45) is 0 Å². The molecule has 2 N–H and O–H groups in total. The molecule has 0 spiro atoms. The number of aromatic nitrogens is 2. The van der Waals surface area contributed by atoms with Crippen LogP contribution in [0.25, 0.3) is 0 Å². The first-order valence-electron chi connectivity index (χ1n) is 7.78. The first kappa shape index (κ1) is 13.6. The predicted molar refractivity (Wildman–Crippen MR) is 82.5 cm³/mol. The standard InChI is InChI=1S/C15H25N5/c1-20(2)15-18-13-8-4-3-7-12(13)14(19-15)17-11-6-5-9-16-10-11/h11,16H,3-10H2,1-2H3,(H,17,18,19)/t11-/m0/s1. The van der Waals surface area contributed by atoms with Gasteiger partial charge in [-0.25, -0.2) is 4.98 Å². The summed E-state index contributed by atoms with van der Waals surface area (Å²) in [6, 6.07) is 0.500. The highest BCUT2D eigenvalue weighted by Crippen LogP contribution is 2.28. The lowest BCUT2D eigenvalue weighted by Crippen LogP contribution is -2.39. The number of fused-ring (bicyclic) bond motifs is 1. The lowest BCUT2D eigenvalue weighted by molar-refractivity contribution is 0.478. The van der Waals surface area contributed by atoms with Crippen molar-refractivity contribution in [3.8, 4) is 0 Å². The zero-order valence-electron chi connectivity index (χ0n) is 12.6. The Morgan fingerprint density at radius 1 is 1.15 bits per heavy atom. The normalized spacial score (nSPS) is 22.2. The van der Waals surface area contributed by atoms with Crippen LogP contribution in [-0.2, 0) is 12.8 Å². The van der Waals surface area contributed by atoms with Crippen LogP contribution >= 0.6 is 0 Å². The number of anilines is 2. The summed E-state index contributed by atoms with van der Waals surface area (Å²) in [5.74, 6) is 1.91. The molecular formula is C15H25N5. The third kappa shape index (κ3) is 2.87. The van der Waals surface area contributed by atoms with Gasteiger partial charge >= 0.3 is 0 Å². The van der Waals surface area contributed by atoms with Crippen LogP contribution in [0.2, 0.25) is 0 Å². The Bertz CT molecular complexity index is 466. The van der Waals surface area contributed by atoms with E-state index in [2.05, 4.69) is 10.6 Å². The Balaban J connectivity index is 1.88. The van der Waals surface area contributed by atoms with E-state index in [1.165, 1.54) is 36.9 Å². The van der Waals surface area contributed by atoms with Crippen molar-refractivity contribution < 1.29 is 0 Å². The number of hydrogen-bond acceptors (Lipinski definition) is 5. The molecule has 0 amide bonds. The molecule has 110 valence electrons. The molecule has 20 heavy (non-hydrogen) atoms. The van der Waals surface area contributed by atoms with Crippen LogP contribution in [0.5, 0.6) is 0 Å². The lowest BCUT2D eigenvalue weighted by Gasteiger charge is -2.27. The summed E-state index contributed by atoms with van der Waals surface area (Å²) in [6.07, 6.45) is 7.19. The first-order valence-corrected chi connectivity index (χ1v) is 7.78. The van der Waals surface area contributed by atoms with Gasteiger partial charge in [0.15, 0.2) is 0 Å². The number of piperidine rings is 1. The number of hydrogen-bond donors (Lipinski definition) is 2. The fourth-order valence-corrected chi connectivity index (χ4v) is 3.07. The molecule has 1 saturated heterocycles. The highest BCUT2D eigenvalue weighted by molar-refractivity contribution is 5.52. The van der Waals surface area contributed by atoms with E-state index >= 15 is 0 Å². The molecule has 1 fully saturated rings. The molecule has 0 bridgehead atoms. The van der Waals surface area contributed by atoms with E-state index in [0.29, 0.717) is 6.04 Å². The van der Waals surface area contributed by atoms with E-state index in [0.717, 1.165) is 37.7 Å². The minimum atomic E-state index is 0.500. The second-order valence-electron chi connectivity index (χ2n) is 6.09. The van der Waals surface area contributed by atoms with Crippen LogP contribution in [0.3, 0.4) is 0 Å². The van der Waals surface area contributed by atoms with Gasteiger partial charge in [-0.15, -0.1) is 0 Å². The zero-order chi connectivity index (χ0) is 13.9. The highest BCUT2D eigenvalue weighted by Gasteiger charge is 2.21. The van der Waals surface area contributed by atoms with Crippen molar-refractivity contribution in [1.82, 2.24) is 15.3 Å². The van der Waals surface area contributed by atoms with E-state index in [9.17, 15) is 0 Å². The van der Waals surface area contributed by atoms with Gasteiger partial charge in [-0.05, 0) is 45.1 Å². The van der Waals surface area contributed by atoms with E-state index in [1.54, 1.807) is 0 Å². The van der Waals surface area contributed by atoms with Crippen molar-refractivity contribution >= 4 is 11.8 Å². The smallest absolute Gasteiger partial charge is 0.227 e. The molecule has 0 aromatic carbocycles. The second kappa shape index (κ2) is 5.95. The molecule has 3 rings (SSSR count). The Kier molecular flexibility index (Phi) is 4.05. The lowest BCUT2D eigenvalue weighted by atomic mass is 9.96. The quantitative estimate of drug-likeness (QED) is 0.877. The Morgan fingerprint density at radius 2 is 2.00 bits per heavy atom. The summed E-state index contributed by atoms with van der Waals surface area (Å²) in [4.78, 5) is 11.5. The third-order valence-corrected chi connectivity index (χ3v) is 4.21. The summed E-state index contributed by atoms with van der Waals surface area (Å²) < 4.78 is 0. The van der Waals surface area contributed by atoms with Crippen molar-refractivity contribution in [2.75, 3.05) is 37.4 Å². The van der Waals surface area contributed by atoms with Crippen molar-refractivity contribution in [2.45, 2.75) is 44.6 Å². The largest absolute Gasteiger partial charge is 0.366 e. The number of rotatable bonds is 3. The molecule has 1 aliphatic heterocycles. The Morgan fingerprint density at radius 3 is 2.75 bits per heavy atom. The van der Waals surface area contributed by atoms with Crippen LogP contribution in [-0.4, -0.2) is 43.2 Å². The van der Waals surface area contributed by atoms with Crippen LogP contribution in [0.4, 0.5) is 11.8 Å². The SMILES string of the molecule is CN(C)c1nc2c(c(N[C@H]3CCCNC3)n1)CCCC2. The molecule has 1 aliphatic carbocycles. The van der Waals surface area contributed by atoms with Crippen LogP contribution in [0.15, 0.2) is 0 Å². The molecule has 1 aromatic heterocycles. The second-order valence-corrected chi connectivity index (χ2v) is 6.09. The van der Waals surface area contributed by atoms with Gasteiger partial charge in [-0.1, -0.05) is 0 Å². The van der Waals surface area contributed by atoms with Gasteiger partial charge in [-0.3, -0.25) is 0 Å². The van der Waals surface area contributed by atoms with Gasteiger partial charge in [0.25, 0.3) is 0 Å². The van der Waals surface area contributed by atoms with Gasteiger partial charge in [0.05, 0.1) is 5.69 Å². The van der Waals surface area contributed by atoms with Gasteiger partial charge in [0.2, 0.25) is 5.95 Å². The van der Waals surface area contributed by atoms with E-state index in [1.807, 2.05) is 19.0 Å². The molecular weight excluding hydrogens is 250 g/mol.